The van der Waals surface area contributed by atoms with E-state index in [4.69, 9.17) is 0 Å². The van der Waals surface area contributed by atoms with Crippen molar-refractivity contribution < 1.29 is 24.1 Å². The van der Waals surface area contributed by atoms with E-state index < -0.39 is 28.8 Å². The van der Waals surface area contributed by atoms with Gasteiger partial charge in [0, 0.05) is 11.5 Å². The van der Waals surface area contributed by atoms with Gasteiger partial charge in [0.25, 0.3) is 0 Å². The Kier molecular flexibility index (Phi) is 4.75. The first-order valence-corrected chi connectivity index (χ1v) is 12.4. The number of benzene rings is 1. The van der Waals surface area contributed by atoms with Crippen molar-refractivity contribution in [2.45, 2.75) is 64.1 Å². The molecule has 6 rings (SSSR count). The molecule has 3 saturated carbocycles. The standard InChI is InChI=1S/C27H32F2N2O3/c1-25-11-15-13-30-31(19-9-17(28)8-18(29)10-19)22(15)7-16(25)3-4-20-21-5-6-27(34,14-32)26(21,2)12-23(33)24(20)25/h7-10,13,20-21,23-24,32-34H,3-6,11-12,14H2,1-2H3/t20?,21?,23?,24?,25-,26-,27-/m0/s1. The quantitative estimate of drug-likeness (QED) is 0.619. The lowest BCUT2D eigenvalue weighted by atomic mass is 9.45. The van der Waals surface area contributed by atoms with Crippen LogP contribution in [0.3, 0.4) is 0 Å². The molecule has 0 aliphatic heterocycles. The van der Waals surface area contributed by atoms with Gasteiger partial charge in [0.15, 0.2) is 0 Å². The largest absolute Gasteiger partial charge is 0.393 e. The number of hydrogen-bond acceptors (Lipinski definition) is 4. The minimum absolute atomic E-state index is 0.0507. The fourth-order valence-corrected chi connectivity index (χ4v) is 8.41. The van der Waals surface area contributed by atoms with Gasteiger partial charge in [-0.2, -0.15) is 5.10 Å². The molecular formula is C27H32F2N2O3. The van der Waals surface area contributed by atoms with Crippen LogP contribution in [0.4, 0.5) is 8.78 Å². The molecule has 0 radical (unpaired) electrons. The molecule has 0 bridgehead atoms. The van der Waals surface area contributed by atoms with Gasteiger partial charge in [-0.1, -0.05) is 19.4 Å². The average molecular weight is 471 g/mol. The Morgan fingerprint density at radius 3 is 2.59 bits per heavy atom. The lowest BCUT2D eigenvalue weighted by molar-refractivity contribution is -0.180. The van der Waals surface area contributed by atoms with Gasteiger partial charge in [0.05, 0.1) is 35.9 Å². The molecule has 4 aliphatic carbocycles. The third-order valence-electron chi connectivity index (χ3n) is 10.1. The third-order valence-corrected chi connectivity index (χ3v) is 10.1. The second kappa shape index (κ2) is 7.21. The molecule has 4 unspecified atom stereocenters. The average Bonchev–Trinajstić information content (AvgIpc) is 3.28. The van der Waals surface area contributed by atoms with Gasteiger partial charge in [-0.3, -0.25) is 0 Å². The van der Waals surface area contributed by atoms with Crippen molar-refractivity contribution in [2.24, 2.45) is 28.6 Å². The van der Waals surface area contributed by atoms with Crippen molar-refractivity contribution in [3.8, 4) is 5.69 Å². The number of aromatic nitrogens is 2. The lowest BCUT2D eigenvalue weighted by Crippen LogP contribution is -2.60. The van der Waals surface area contributed by atoms with E-state index in [0.717, 1.165) is 36.6 Å². The van der Waals surface area contributed by atoms with Crippen LogP contribution < -0.4 is 0 Å². The van der Waals surface area contributed by atoms with Gasteiger partial charge in [0.1, 0.15) is 11.6 Å². The molecule has 1 aromatic carbocycles. The Hall–Kier alpha value is -2.09. The van der Waals surface area contributed by atoms with Crippen LogP contribution in [0.15, 0.2) is 30.0 Å². The molecule has 1 aromatic heterocycles. The van der Waals surface area contributed by atoms with Crippen LogP contribution in [0.25, 0.3) is 11.8 Å². The van der Waals surface area contributed by atoms with Crippen molar-refractivity contribution >= 4 is 6.08 Å². The Balaban J connectivity index is 1.39. The minimum atomic E-state index is -1.14. The first-order chi connectivity index (χ1) is 16.1. The van der Waals surface area contributed by atoms with Crippen LogP contribution >= 0.6 is 0 Å². The van der Waals surface area contributed by atoms with E-state index in [1.807, 2.05) is 0 Å². The highest BCUT2D eigenvalue weighted by Crippen LogP contribution is 2.67. The van der Waals surface area contributed by atoms with Crippen molar-refractivity contribution in [3.05, 3.63) is 52.9 Å². The van der Waals surface area contributed by atoms with Crippen molar-refractivity contribution in [3.63, 3.8) is 0 Å². The van der Waals surface area contributed by atoms with E-state index in [1.165, 1.54) is 17.7 Å². The number of rotatable bonds is 2. The Labute approximate surface area is 198 Å². The predicted octanol–water partition coefficient (Wildman–Crippen LogP) is 4.03. The zero-order valence-corrected chi connectivity index (χ0v) is 19.6. The summed E-state index contributed by atoms with van der Waals surface area (Å²) >= 11 is 0. The predicted molar refractivity (Wildman–Crippen MR) is 123 cm³/mol. The summed E-state index contributed by atoms with van der Waals surface area (Å²) in [5.41, 5.74) is 1.58. The number of allylic oxidation sites excluding steroid dienone is 1. The summed E-state index contributed by atoms with van der Waals surface area (Å²) in [6.07, 6.45) is 7.73. The zero-order valence-electron chi connectivity index (χ0n) is 19.6. The van der Waals surface area contributed by atoms with E-state index in [0.29, 0.717) is 24.9 Å². The number of aliphatic hydroxyl groups excluding tert-OH is 2. The van der Waals surface area contributed by atoms with Crippen LogP contribution in [0, 0.1) is 40.2 Å². The van der Waals surface area contributed by atoms with Crippen molar-refractivity contribution in [1.29, 1.82) is 0 Å². The molecule has 5 nitrogen and oxygen atoms in total. The highest BCUT2D eigenvalue weighted by molar-refractivity contribution is 5.61. The summed E-state index contributed by atoms with van der Waals surface area (Å²) in [5, 5.41) is 37.2. The van der Waals surface area contributed by atoms with Crippen LogP contribution in [-0.4, -0.2) is 43.4 Å². The zero-order chi connectivity index (χ0) is 24.0. The van der Waals surface area contributed by atoms with Crippen LogP contribution in [0.1, 0.15) is 57.2 Å². The highest BCUT2D eigenvalue weighted by Gasteiger charge is 2.66. The smallest absolute Gasteiger partial charge is 0.128 e. The van der Waals surface area contributed by atoms with Gasteiger partial charge in [0.2, 0.25) is 0 Å². The first-order valence-electron chi connectivity index (χ1n) is 12.4. The molecule has 0 amide bonds. The van der Waals surface area contributed by atoms with Gasteiger partial charge < -0.3 is 15.3 Å². The molecule has 3 N–H and O–H groups in total. The highest BCUT2D eigenvalue weighted by atomic mass is 19.1. The van der Waals surface area contributed by atoms with Gasteiger partial charge in [-0.15, -0.1) is 0 Å². The Bertz CT molecular complexity index is 1170. The topological polar surface area (TPSA) is 78.5 Å². The fourth-order valence-electron chi connectivity index (χ4n) is 8.41. The van der Waals surface area contributed by atoms with Crippen molar-refractivity contribution in [1.82, 2.24) is 9.78 Å². The van der Waals surface area contributed by atoms with E-state index in [-0.39, 0.29) is 29.8 Å². The molecule has 2 aromatic rings. The number of aliphatic hydroxyl groups is 3. The first kappa shape index (κ1) is 22.4. The molecule has 0 spiro atoms. The molecule has 1 heterocycles. The molecule has 0 saturated heterocycles. The number of fused-ring (bicyclic) bond motifs is 6. The van der Waals surface area contributed by atoms with E-state index in [1.54, 1.807) is 10.9 Å². The van der Waals surface area contributed by atoms with E-state index in [2.05, 4.69) is 25.0 Å². The number of hydrogen-bond donors (Lipinski definition) is 3. The molecule has 3 fully saturated rings. The summed E-state index contributed by atoms with van der Waals surface area (Å²) < 4.78 is 29.3. The van der Waals surface area contributed by atoms with Crippen LogP contribution in [0.2, 0.25) is 0 Å². The van der Waals surface area contributed by atoms with E-state index >= 15 is 0 Å². The summed E-state index contributed by atoms with van der Waals surface area (Å²) in [7, 11) is 0. The van der Waals surface area contributed by atoms with Crippen LogP contribution in [0.5, 0.6) is 0 Å². The number of halogens is 2. The van der Waals surface area contributed by atoms with E-state index in [9.17, 15) is 24.1 Å². The summed E-state index contributed by atoms with van der Waals surface area (Å²) in [5.74, 6) is -0.697. The molecule has 7 heteroatoms. The Morgan fingerprint density at radius 1 is 1.15 bits per heavy atom. The third kappa shape index (κ3) is 2.83. The van der Waals surface area contributed by atoms with Gasteiger partial charge in [-0.25, -0.2) is 13.5 Å². The summed E-state index contributed by atoms with van der Waals surface area (Å²) in [6, 6.07) is 3.43. The maximum Gasteiger partial charge on any atom is 0.128 e. The minimum Gasteiger partial charge on any atom is -0.393 e. The van der Waals surface area contributed by atoms with Crippen LogP contribution in [-0.2, 0) is 6.42 Å². The maximum absolute atomic E-state index is 13.9. The van der Waals surface area contributed by atoms with Gasteiger partial charge >= 0.3 is 0 Å². The second-order valence-electron chi connectivity index (χ2n) is 11.6. The normalized spacial score (nSPS) is 40.7. The lowest BCUT2D eigenvalue weighted by Gasteiger charge is -2.60. The summed E-state index contributed by atoms with van der Waals surface area (Å²) in [6.45, 7) is 4.02. The Morgan fingerprint density at radius 2 is 1.88 bits per heavy atom. The second-order valence-corrected chi connectivity index (χ2v) is 11.6. The monoisotopic (exact) mass is 470 g/mol. The molecular weight excluding hydrogens is 438 g/mol. The maximum atomic E-state index is 13.9. The molecule has 34 heavy (non-hydrogen) atoms. The molecule has 182 valence electrons. The number of nitrogens with zero attached hydrogens (tertiary/aromatic N) is 2. The fraction of sp³-hybridized carbons (Fsp3) is 0.593. The van der Waals surface area contributed by atoms with Gasteiger partial charge in [-0.05, 0) is 85.5 Å². The summed E-state index contributed by atoms with van der Waals surface area (Å²) in [4.78, 5) is 0. The van der Waals surface area contributed by atoms with Crippen molar-refractivity contribution in [2.75, 3.05) is 6.61 Å². The molecule has 7 atom stereocenters. The SMILES string of the molecule is C[C@]12Cc3cnn(-c4cc(F)cc(F)c4)c3C=C1CCC1C2C(O)C[C@@]2(C)C1CC[C@]2(O)CO. The molecule has 4 aliphatic rings.